The largest absolute Gasteiger partial charge is 0.481 e. The van der Waals surface area contributed by atoms with Crippen molar-refractivity contribution in [3.63, 3.8) is 0 Å². The molecule has 1 heterocycles. The van der Waals surface area contributed by atoms with Crippen LogP contribution >= 0.6 is 0 Å². The van der Waals surface area contributed by atoms with E-state index in [0.717, 1.165) is 4.31 Å². The van der Waals surface area contributed by atoms with Crippen LogP contribution in [-0.2, 0) is 15.0 Å². The highest BCUT2D eigenvalue weighted by Gasteiger charge is 2.32. The van der Waals surface area contributed by atoms with Crippen LogP contribution in [0.5, 0.6) is 0 Å². The van der Waals surface area contributed by atoms with Crippen LogP contribution in [0.1, 0.15) is 26.2 Å². The van der Waals surface area contributed by atoms with Crippen molar-refractivity contribution in [1.29, 1.82) is 0 Å². The Balaban J connectivity index is 2.73. The molecule has 0 radical (unpaired) electrons. The molecule has 0 spiro atoms. The quantitative estimate of drug-likeness (QED) is 0.692. The summed E-state index contributed by atoms with van der Waals surface area (Å²) in [4.78, 5) is 10.9. The summed E-state index contributed by atoms with van der Waals surface area (Å²) >= 11 is 0. The number of piperidine rings is 1. The van der Waals surface area contributed by atoms with Crippen LogP contribution < -0.4 is 4.72 Å². The third-order valence-corrected chi connectivity index (χ3v) is 4.57. The standard InChI is InChI=1S/C11H18N2O4S/c1-3-10(4-2)12-18(16,17)13-7-5-6-9(8-13)11(14)15/h1,9-10,12H,4-8H2,2H3,(H,14,15). The Bertz CT molecular complexity index is 440. The van der Waals surface area contributed by atoms with E-state index in [4.69, 9.17) is 11.5 Å². The van der Waals surface area contributed by atoms with Crippen molar-refractivity contribution in [1.82, 2.24) is 9.03 Å². The highest BCUT2D eigenvalue weighted by atomic mass is 32.2. The average Bonchev–Trinajstić information content (AvgIpc) is 2.36. The second-order valence-electron chi connectivity index (χ2n) is 4.29. The molecule has 1 rings (SSSR count). The maximum Gasteiger partial charge on any atom is 0.307 e. The van der Waals surface area contributed by atoms with E-state index in [1.807, 2.05) is 0 Å². The average molecular weight is 274 g/mol. The molecular weight excluding hydrogens is 256 g/mol. The summed E-state index contributed by atoms with van der Waals surface area (Å²) in [6.45, 7) is 2.12. The van der Waals surface area contributed by atoms with Crippen molar-refractivity contribution in [2.45, 2.75) is 32.2 Å². The van der Waals surface area contributed by atoms with E-state index in [2.05, 4.69) is 10.6 Å². The number of hydrogen-bond donors (Lipinski definition) is 2. The molecule has 0 aromatic carbocycles. The molecule has 0 amide bonds. The SMILES string of the molecule is C#CC(CC)NS(=O)(=O)N1CCCC(C(=O)O)C1. The Hall–Kier alpha value is -1.10. The molecule has 2 unspecified atom stereocenters. The van der Waals surface area contributed by atoms with E-state index >= 15 is 0 Å². The third-order valence-electron chi connectivity index (χ3n) is 2.97. The third kappa shape index (κ3) is 3.70. The number of carboxylic acids is 1. The number of rotatable bonds is 5. The van der Waals surface area contributed by atoms with Gasteiger partial charge in [-0.2, -0.15) is 17.4 Å². The maximum absolute atomic E-state index is 12.0. The van der Waals surface area contributed by atoms with Gasteiger partial charge < -0.3 is 5.11 Å². The number of nitrogens with one attached hydrogen (secondary N) is 1. The van der Waals surface area contributed by atoms with E-state index in [0.29, 0.717) is 25.8 Å². The second kappa shape index (κ2) is 6.18. The number of carbonyl (C=O) groups is 1. The predicted octanol–water partition coefficient (Wildman–Crippen LogP) is 0.0292. The van der Waals surface area contributed by atoms with Crippen LogP contribution in [0.2, 0.25) is 0 Å². The predicted molar refractivity (Wildman–Crippen MR) is 66.9 cm³/mol. The second-order valence-corrected chi connectivity index (χ2v) is 5.99. The molecule has 7 heteroatoms. The number of nitrogens with zero attached hydrogens (tertiary/aromatic N) is 1. The van der Waals surface area contributed by atoms with E-state index in [1.165, 1.54) is 0 Å². The molecule has 0 aromatic rings. The first-order valence-electron chi connectivity index (χ1n) is 5.87. The van der Waals surface area contributed by atoms with Crippen molar-refractivity contribution in [3.05, 3.63) is 0 Å². The number of aliphatic carboxylic acids is 1. The van der Waals surface area contributed by atoms with Gasteiger partial charge in [-0.05, 0) is 19.3 Å². The van der Waals surface area contributed by atoms with Crippen molar-refractivity contribution >= 4 is 16.2 Å². The molecule has 1 fully saturated rings. The van der Waals surface area contributed by atoms with Gasteiger partial charge in [0.1, 0.15) is 0 Å². The summed E-state index contributed by atoms with van der Waals surface area (Å²) in [6, 6.07) is -0.555. The van der Waals surface area contributed by atoms with Gasteiger partial charge in [-0.3, -0.25) is 4.79 Å². The smallest absolute Gasteiger partial charge is 0.307 e. The Morgan fingerprint density at radius 1 is 1.67 bits per heavy atom. The van der Waals surface area contributed by atoms with Gasteiger partial charge in [-0.1, -0.05) is 12.8 Å². The van der Waals surface area contributed by atoms with Crippen LogP contribution in [0.3, 0.4) is 0 Å². The number of carboxylic acid groups (broad SMARTS) is 1. The molecule has 1 aliphatic heterocycles. The molecule has 0 bridgehead atoms. The highest BCUT2D eigenvalue weighted by molar-refractivity contribution is 7.87. The summed E-state index contributed by atoms with van der Waals surface area (Å²) in [5.74, 6) is 0.751. The zero-order valence-electron chi connectivity index (χ0n) is 10.3. The minimum absolute atomic E-state index is 0.00563. The van der Waals surface area contributed by atoms with Crippen LogP contribution in [-0.4, -0.2) is 42.9 Å². The summed E-state index contributed by atoms with van der Waals surface area (Å²) in [7, 11) is -3.70. The van der Waals surface area contributed by atoms with Gasteiger partial charge in [0.15, 0.2) is 0 Å². The molecule has 6 nitrogen and oxygen atoms in total. The van der Waals surface area contributed by atoms with Crippen LogP contribution in [0, 0.1) is 18.3 Å². The zero-order chi connectivity index (χ0) is 13.8. The minimum atomic E-state index is -3.70. The molecule has 1 saturated heterocycles. The first kappa shape index (κ1) is 15.0. The maximum atomic E-state index is 12.0. The molecule has 0 aromatic heterocycles. The Morgan fingerprint density at radius 3 is 2.83 bits per heavy atom. The first-order valence-corrected chi connectivity index (χ1v) is 7.31. The minimum Gasteiger partial charge on any atom is -0.481 e. The Labute approximate surface area is 108 Å². The van der Waals surface area contributed by atoms with Crippen molar-refractivity contribution < 1.29 is 18.3 Å². The van der Waals surface area contributed by atoms with Crippen molar-refractivity contribution in [2.75, 3.05) is 13.1 Å². The lowest BCUT2D eigenvalue weighted by atomic mass is 10.0. The van der Waals surface area contributed by atoms with Gasteiger partial charge in [0.25, 0.3) is 10.2 Å². The molecule has 2 atom stereocenters. The zero-order valence-corrected chi connectivity index (χ0v) is 11.1. The van der Waals surface area contributed by atoms with E-state index in [9.17, 15) is 13.2 Å². The topological polar surface area (TPSA) is 86.7 Å². The van der Waals surface area contributed by atoms with Crippen LogP contribution in [0.4, 0.5) is 0 Å². The van der Waals surface area contributed by atoms with Gasteiger partial charge in [0, 0.05) is 13.1 Å². The fourth-order valence-corrected chi connectivity index (χ4v) is 3.34. The lowest BCUT2D eigenvalue weighted by Crippen LogP contribution is -2.49. The van der Waals surface area contributed by atoms with Crippen molar-refractivity contribution in [2.24, 2.45) is 5.92 Å². The summed E-state index contributed by atoms with van der Waals surface area (Å²) in [6.07, 6.45) is 6.75. The lowest BCUT2D eigenvalue weighted by molar-refractivity contribution is -0.142. The lowest BCUT2D eigenvalue weighted by Gasteiger charge is -2.30. The van der Waals surface area contributed by atoms with E-state index in [1.54, 1.807) is 6.92 Å². The van der Waals surface area contributed by atoms with Gasteiger partial charge >= 0.3 is 5.97 Å². The molecule has 0 aliphatic carbocycles. The normalized spacial score (nSPS) is 23.2. The van der Waals surface area contributed by atoms with E-state index in [-0.39, 0.29) is 6.54 Å². The van der Waals surface area contributed by atoms with Crippen LogP contribution in [0.25, 0.3) is 0 Å². The number of hydrogen-bond acceptors (Lipinski definition) is 3. The summed E-state index contributed by atoms with van der Waals surface area (Å²) in [5.41, 5.74) is 0. The molecular formula is C11H18N2O4S. The molecule has 1 aliphatic rings. The Morgan fingerprint density at radius 2 is 2.33 bits per heavy atom. The fourth-order valence-electron chi connectivity index (χ4n) is 1.85. The molecule has 0 saturated carbocycles. The highest BCUT2D eigenvalue weighted by Crippen LogP contribution is 2.19. The summed E-state index contributed by atoms with van der Waals surface area (Å²) in [5, 5.41) is 8.92. The van der Waals surface area contributed by atoms with E-state index < -0.39 is 28.1 Å². The molecule has 18 heavy (non-hydrogen) atoms. The molecule has 2 N–H and O–H groups in total. The summed E-state index contributed by atoms with van der Waals surface area (Å²) < 4.78 is 27.6. The number of terminal acetylenes is 1. The van der Waals surface area contributed by atoms with Gasteiger partial charge in [-0.25, -0.2) is 0 Å². The van der Waals surface area contributed by atoms with Gasteiger partial charge in [0.2, 0.25) is 0 Å². The fraction of sp³-hybridized carbons (Fsp3) is 0.727. The van der Waals surface area contributed by atoms with Crippen LogP contribution in [0.15, 0.2) is 0 Å². The van der Waals surface area contributed by atoms with Gasteiger partial charge in [-0.15, -0.1) is 6.42 Å². The first-order chi connectivity index (χ1) is 8.40. The van der Waals surface area contributed by atoms with Gasteiger partial charge in [0.05, 0.1) is 12.0 Å². The Kier molecular flexibility index (Phi) is 5.14. The van der Waals surface area contributed by atoms with Crippen molar-refractivity contribution in [3.8, 4) is 12.3 Å². The molecule has 102 valence electrons. The monoisotopic (exact) mass is 274 g/mol.